The smallest absolute Gasteiger partial charge is 0.407 e. The summed E-state index contributed by atoms with van der Waals surface area (Å²) in [6.07, 6.45) is 8.85. The van der Waals surface area contributed by atoms with E-state index in [4.69, 9.17) is 5.73 Å². The molecule has 1 aliphatic carbocycles. The third kappa shape index (κ3) is 5.88. The lowest BCUT2D eigenvalue weighted by atomic mass is 9.85. The van der Waals surface area contributed by atoms with Crippen LogP contribution in [0.1, 0.15) is 75.9 Å². The van der Waals surface area contributed by atoms with Crippen LogP contribution < -0.4 is 11.1 Å². The Balaban J connectivity index is 0.00000155. The standard InChI is InChI=1S/C20H33N5O3.CH3Cl/c1-12(2)17(24-20(27)28-3)19(26)25-10-4-5-16(25)18-22-11-15(23-18)13-6-8-14(21)9-7-13;1-2/h11-14,16-17H,4-10,21H2,1-3H3,(H,22,23)(H,24,27);1H3/t13?,14?,16-,17?;/m0./s1. The van der Waals surface area contributed by atoms with E-state index in [2.05, 4.69) is 31.6 Å². The van der Waals surface area contributed by atoms with Gasteiger partial charge in [-0.1, -0.05) is 13.8 Å². The van der Waals surface area contributed by atoms with Gasteiger partial charge in [0.15, 0.2) is 0 Å². The van der Waals surface area contributed by atoms with E-state index in [9.17, 15) is 9.59 Å². The third-order valence-electron chi connectivity index (χ3n) is 6.07. The number of imidazole rings is 1. The van der Waals surface area contributed by atoms with Crippen molar-refractivity contribution >= 4 is 23.6 Å². The van der Waals surface area contributed by atoms with E-state index in [-0.39, 0.29) is 17.9 Å². The second-order valence-corrected chi connectivity index (χ2v) is 8.38. The van der Waals surface area contributed by atoms with Gasteiger partial charge in [0.05, 0.1) is 13.2 Å². The number of ether oxygens (including phenoxy) is 1. The molecule has 4 N–H and O–H groups in total. The van der Waals surface area contributed by atoms with E-state index in [1.165, 1.54) is 13.5 Å². The minimum Gasteiger partial charge on any atom is -0.453 e. The highest BCUT2D eigenvalue weighted by molar-refractivity contribution is 6.15. The number of aromatic nitrogens is 2. The van der Waals surface area contributed by atoms with Crippen molar-refractivity contribution in [2.75, 3.05) is 20.0 Å². The van der Waals surface area contributed by atoms with Gasteiger partial charge in [0.1, 0.15) is 11.9 Å². The van der Waals surface area contributed by atoms with Gasteiger partial charge in [0.2, 0.25) is 5.91 Å². The van der Waals surface area contributed by atoms with Gasteiger partial charge in [-0.2, -0.15) is 0 Å². The summed E-state index contributed by atoms with van der Waals surface area (Å²) in [5.41, 5.74) is 7.17. The first-order valence-corrected chi connectivity index (χ1v) is 11.5. The van der Waals surface area contributed by atoms with E-state index in [0.29, 0.717) is 18.5 Å². The van der Waals surface area contributed by atoms with E-state index in [1.54, 1.807) is 0 Å². The number of methoxy groups -OCH3 is 1. The van der Waals surface area contributed by atoms with Crippen molar-refractivity contribution < 1.29 is 14.3 Å². The third-order valence-corrected chi connectivity index (χ3v) is 6.07. The number of alkyl carbamates (subject to hydrolysis) is 1. The normalized spacial score (nSPS) is 24.8. The molecule has 1 saturated heterocycles. The van der Waals surface area contributed by atoms with Crippen LogP contribution in [-0.2, 0) is 9.53 Å². The average Bonchev–Trinajstić information content (AvgIpc) is 3.42. The van der Waals surface area contributed by atoms with Crippen molar-refractivity contribution in [2.24, 2.45) is 11.7 Å². The fourth-order valence-electron chi connectivity index (χ4n) is 4.35. The molecule has 2 atom stereocenters. The number of hydrogen-bond donors (Lipinski definition) is 3. The largest absolute Gasteiger partial charge is 0.453 e. The predicted octanol–water partition coefficient (Wildman–Crippen LogP) is 3.29. The number of nitrogens with one attached hydrogen (secondary N) is 2. The molecule has 30 heavy (non-hydrogen) atoms. The maximum Gasteiger partial charge on any atom is 0.407 e. The number of hydrogen-bond acceptors (Lipinski definition) is 5. The quantitative estimate of drug-likeness (QED) is 0.606. The van der Waals surface area contributed by atoms with Gasteiger partial charge in [-0.05, 0) is 44.4 Å². The minimum atomic E-state index is -0.609. The fourth-order valence-corrected chi connectivity index (χ4v) is 4.35. The summed E-state index contributed by atoms with van der Waals surface area (Å²) in [5.74, 6) is 1.20. The van der Waals surface area contributed by atoms with Crippen LogP contribution >= 0.6 is 11.6 Å². The first-order valence-electron chi connectivity index (χ1n) is 10.7. The topological polar surface area (TPSA) is 113 Å². The van der Waals surface area contributed by atoms with Gasteiger partial charge in [0.25, 0.3) is 0 Å². The SMILES string of the molecule is CCl.COC(=O)NC(C(=O)N1CCC[C@H]1c1ncc(C2CCC(N)CC2)[nH]1)C(C)C. The number of amides is 2. The van der Waals surface area contributed by atoms with Crippen LogP contribution in [0.3, 0.4) is 0 Å². The molecule has 1 unspecified atom stereocenters. The molecule has 3 rings (SSSR count). The minimum absolute atomic E-state index is 0.0357. The first-order chi connectivity index (χ1) is 14.4. The summed E-state index contributed by atoms with van der Waals surface area (Å²) in [4.78, 5) is 34.8. The number of carbonyl (C=O) groups excluding carboxylic acids is 2. The average molecular weight is 442 g/mol. The van der Waals surface area contributed by atoms with Crippen molar-refractivity contribution in [1.82, 2.24) is 20.2 Å². The number of likely N-dealkylation sites (tertiary alicyclic amines) is 1. The van der Waals surface area contributed by atoms with E-state index in [1.807, 2.05) is 24.9 Å². The monoisotopic (exact) mass is 441 g/mol. The number of carbonyl (C=O) groups is 2. The van der Waals surface area contributed by atoms with Gasteiger partial charge in [-0.15, -0.1) is 11.6 Å². The molecule has 2 aliphatic rings. The Morgan fingerprint density at radius 2 is 1.93 bits per heavy atom. The number of aromatic amines is 1. The lowest BCUT2D eigenvalue weighted by Gasteiger charge is -2.30. The van der Waals surface area contributed by atoms with E-state index < -0.39 is 12.1 Å². The molecule has 2 amide bonds. The molecule has 1 saturated carbocycles. The lowest BCUT2D eigenvalue weighted by molar-refractivity contribution is -0.135. The van der Waals surface area contributed by atoms with Crippen LogP contribution in [0.5, 0.6) is 0 Å². The van der Waals surface area contributed by atoms with Gasteiger partial charge in [-0.3, -0.25) is 4.79 Å². The molecule has 2 heterocycles. The summed E-state index contributed by atoms with van der Waals surface area (Å²) >= 11 is 4.64. The predicted molar refractivity (Wildman–Crippen MR) is 117 cm³/mol. The molecule has 0 aromatic carbocycles. The van der Waals surface area contributed by atoms with Crippen molar-refractivity contribution in [3.63, 3.8) is 0 Å². The molecular formula is C21H36ClN5O3. The molecule has 1 aromatic heterocycles. The first kappa shape index (κ1) is 24.5. The Morgan fingerprint density at radius 3 is 2.53 bits per heavy atom. The molecule has 170 valence electrons. The molecule has 0 spiro atoms. The molecule has 0 bridgehead atoms. The summed E-state index contributed by atoms with van der Waals surface area (Å²) < 4.78 is 4.68. The second kappa shape index (κ2) is 11.6. The zero-order valence-electron chi connectivity index (χ0n) is 18.5. The van der Waals surface area contributed by atoms with Crippen LogP contribution in [0.2, 0.25) is 0 Å². The van der Waals surface area contributed by atoms with Gasteiger partial charge >= 0.3 is 6.09 Å². The summed E-state index contributed by atoms with van der Waals surface area (Å²) in [5, 5.41) is 2.68. The molecule has 1 aromatic rings. The highest BCUT2D eigenvalue weighted by Gasteiger charge is 2.37. The highest BCUT2D eigenvalue weighted by Crippen LogP contribution is 2.35. The van der Waals surface area contributed by atoms with Gasteiger partial charge in [-0.25, -0.2) is 9.78 Å². The molecule has 0 radical (unpaired) electrons. The number of nitrogens with zero attached hydrogens (tertiary/aromatic N) is 2. The Bertz CT molecular complexity index is 688. The van der Waals surface area contributed by atoms with Crippen molar-refractivity contribution in [3.8, 4) is 0 Å². The van der Waals surface area contributed by atoms with E-state index in [0.717, 1.165) is 50.0 Å². The highest BCUT2D eigenvalue weighted by atomic mass is 35.5. The molecule has 8 nitrogen and oxygen atoms in total. The van der Waals surface area contributed by atoms with Gasteiger partial charge in [0, 0.05) is 36.8 Å². The number of H-pyrrole nitrogens is 1. The Labute approximate surface area is 184 Å². The second-order valence-electron chi connectivity index (χ2n) is 8.38. The summed E-state index contributed by atoms with van der Waals surface area (Å²) in [6, 6.07) is -0.369. The van der Waals surface area contributed by atoms with Crippen molar-refractivity contribution in [3.05, 3.63) is 17.7 Å². The summed E-state index contributed by atoms with van der Waals surface area (Å²) in [7, 11) is 1.30. The Kier molecular flexibility index (Phi) is 9.42. The maximum absolute atomic E-state index is 13.2. The number of rotatable bonds is 5. The van der Waals surface area contributed by atoms with Crippen LogP contribution in [0.25, 0.3) is 0 Å². The van der Waals surface area contributed by atoms with Crippen LogP contribution in [0.4, 0.5) is 4.79 Å². The number of halogens is 1. The maximum atomic E-state index is 13.2. The van der Waals surface area contributed by atoms with Crippen LogP contribution in [0.15, 0.2) is 6.20 Å². The number of nitrogens with two attached hydrogens (primary N) is 1. The zero-order valence-corrected chi connectivity index (χ0v) is 19.2. The summed E-state index contributed by atoms with van der Waals surface area (Å²) in [6.45, 7) is 4.51. The van der Waals surface area contributed by atoms with E-state index >= 15 is 0 Å². The zero-order chi connectivity index (χ0) is 22.3. The Hall–Kier alpha value is -1.80. The molecule has 1 aliphatic heterocycles. The lowest BCUT2D eigenvalue weighted by Crippen LogP contribution is -2.51. The fraction of sp³-hybridized carbons (Fsp3) is 0.762. The Morgan fingerprint density at radius 1 is 1.27 bits per heavy atom. The van der Waals surface area contributed by atoms with Crippen molar-refractivity contribution in [2.45, 2.75) is 76.4 Å². The molecule has 9 heteroatoms. The van der Waals surface area contributed by atoms with Crippen LogP contribution in [0, 0.1) is 5.92 Å². The van der Waals surface area contributed by atoms with Crippen molar-refractivity contribution in [1.29, 1.82) is 0 Å². The molecule has 2 fully saturated rings. The molecular weight excluding hydrogens is 406 g/mol. The van der Waals surface area contributed by atoms with Crippen LogP contribution in [-0.4, -0.2) is 59.0 Å². The van der Waals surface area contributed by atoms with Gasteiger partial charge < -0.3 is 25.7 Å². The number of alkyl halides is 1.